The predicted molar refractivity (Wildman–Crippen MR) is 109 cm³/mol. The van der Waals surface area contributed by atoms with Crippen molar-refractivity contribution in [1.29, 1.82) is 5.26 Å². The Bertz CT molecular complexity index is 1300. The quantitative estimate of drug-likeness (QED) is 0.557. The van der Waals surface area contributed by atoms with Crippen LogP contribution in [-0.2, 0) is 0 Å². The number of hydrogen-bond acceptors (Lipinski definition) is 6. The maximum atomic E-state index is 12.8. The molecule has 3 heterocycles. The molecule has 1 saturated carbocycles. The lowest BCUT2D eigenvalue weighted by Gasteiger charge is -2.27. The van der Waals surface area contributed by atoms with E-state index >= 15 is 0 Å². The maximum Gasteiger partial charge on any atom is 0.274 e. The molecule has 1 aliphatic carbocycles. The van der Waals surface area contributed by atoms with E-state index < -0.39 is 0 Å². The van der Waals surface area contributed by atoms with Crippen LogP contribution in [0.2, 0.25) is 0 Å². The minimum atomic E-state index is -0.255. The molecule has 1 fully saturated rings. The number of carbonyl (C=O) groups is 1. The number of nitrogens with zero attached hydrogens (tertiary/aromatic N) is 5. The van der Waals surface area contributed by atoms with E-state index in [2.05, 4.69) is 26.5 Å². The van der Waals surface area contributed by atoms with Gasteiger partial charge in [-0.3, -0.25) is 9.20 Å². The molecular weight excluding hydrogens is 380 g/mol. The Morgan fingerprint density at radius 1 is 1.30 bits per heavy atom. The maximum absolute atomic E-state index is 12.8. The average molecular weight is 398 g/mol. The van der Waals surface area contributed by atoms with Crippen molar-refractivity contribution in [3.63, 3.8) is 0 Å². The van der Waals surface area contributed by atoms with Crippen LogP contribution < -0.4 is 5.32 Å². The van der Waals surface area contributed by atoms with Crippen molar-refractivity contribution in [2.24, 2.45) is 5.92 Å². The van der Waals surface area contributed by atoms with Gasteiger partial charge in [-0.05, 0) is 43.5 Å². The van der Waals surface area contributed by atoms with Crippen LogP contribution in [0.25, 0.3) is 17.0 Å². The first-order chi connectivity index (χ1) is 14.6. The van der Waals surface area contributed by atoms with Crippen molar-refractivity contribution >= 4 is 17.2 Å². The van der Waals surface area contributed by atoms with Crippen LogP contribution >= 0.6 is 0 Å². The molecule has 1 unspecified atom stereocenters. The molecule has 5 rings (SSSR count). The molecule has 0 bridgehead atoms. The van der Waals surface area contributed by atoms with Crippen LogP contribution in [0.4, 0.5) is 5.69 Å². The summed E-state index contributed by atoms with van der Waals surface area (Å²) in [6, 6.07) is 13.5. The second-order valence-corrected chi connectivity index (χ2v) is 7.43. The number of imidazole rings is 1. The summed E-state index contributed by atoms with van der Waals surface area (Å²) in [5, 5.41) is 16.2. The normalized spacial score (nSPS) is 18.0. The Hall–Kier alpha value is -3.99. The number of amides is 1. The summed E-state index contributed by atoms with van der Waals surface area (Å²) in [5.41, 5.74) is 3.46. The van der Waals surface area contributed by atoms with E-state index in [1.54, 1.807) is 16.8 Å². The number of nitriles is 1. The fraction of sp³-hybridized carbons (Fsp3) is 0.227. The van der Waals surface area contributed by atoms with Crippen LogP contribution in [0.5, 0.6) is 0 Å². The van der Waals surface area contributed by atoms with Gasteiger partial charge in [-0.15, -0.1) is 0 Å². The first-order valence-electron chi connectivity index (χ1n) is 9.72. The van der Waals surface area contributed by atoms with E-state index in [9.17, 15) is 4.79 Å². The first kappa shape index (κ1) is 18.1. The molecule has 0 spiro atoms. The SMILES string of the molecule is Cc1ccc(-c2noc(C3CC[C@@H]3C#N)n2)cc1NC(=O)c1cnc2ccccn12. The van der Waals surface area contributed by atoms with Crippen molar-refractivity contribution < 1.29 is 9.32 Å². The van der Waals surface area contributed by atoms with Gasteiger partial charge in [0.25, 0.3) is 5.91 Å². The molecule has 1 amide bonds. The number of aryl methyl sites for hydroxylation is 1. The van der Waals surface area contributed by atoms with E-state index in [4.69, 9.17) is 9.78 Å². The van der Waals surface area contributed by atoms with E-state index in [0.29, 0.717) is 28.7 Å². The van der Waals surface area contributed by atoms with Crippen molar-refractivity contribution in [2.75, 3.05) is 5.32 Å². The molecule has 30 heavy (non-hydrogen) atoms. The molecule has 3 aromatic heterocycles. The zero-order valence-electron chi connectivity index (χ0n) is 16.2. The fourth-order valence-corrected chi connectivity index (χ4v) is 3.64. The van der Waals surface area contributed by atoms with Crippen molar-refractivity contribution in [3.8, 4) is 17.5 Å². The molecule has 0 aliphatic heterocycles. The Morgan fingerprint density at radius 2 is 2.20 bits per heavy atom. The molecule has 1 aromatic carbocycles. The number of anilines is 1. The van der Waals surface area contributed by atoms with Crippen LogP contribution in [0.3, 0.4) is 0 Å². The molecule has 4 aromatic rings. The van der Waals surface area contributed by atoms with Gasteiger partial charge in [0.05, 0.1) is 24.1 Å². The van der Waals surface area contributed by atoms with Gasteiger partial charge in [-0.1, -0.05) is 23.4 Å². The van der Waals surface area contributed by atoms with Crippen molar-refractivity contribution in [3.05, 3.63) is 65.9 Å². The molecule has 1 aliphatic rings. The van der Waals surface area contributed by atoms with Crippen LogP contribution in [0.15, 0.2) is 53.3 Å². The van der Waals surface area contributed by atoms with Crippen molar-refractivity contribution in [1.82, 2.24) is 19.5 Å². The topological polar surface area (TPSA) is 109 Å². The Labute approximate surface area is 172 Å². The van der Waals surface area contributed by atoms with Gasteiger partial charge in [0.2, 0.25) is 11.7 Å². The zero-order valence-corrected chi connectivity index (χ0v) is 16.2. The van der Waals surface area contributed by atoms with E-state index in [-0.39, 0.29) is 17.7 Å². The van der Waals surface area contributed by atoms with Gasteiger partial charge in [0.1, 0.15) is 11.3 Å². The summed E-state index contributed by atoms with van der Waals surface area (Å²) in [6.45, 7) is 1.92. The number of hydrogen-bond donors (Lipinski definition) is 1. The largest absolute Gasteiger partial charge is 0.339 e. The molecule has 8 nitrogen and oxygen atoms in total. The number of fused-ring (bicyclic) bond motifs is 1. The summed E-state index contributed by atoms with van der Waals surface area (Å²) in [4.78, 5) is 21.6. The highest BCUT2D eigenvalue weighted by Crippen LogP contribution is 2.41. The van der Waals surface area contributed by atoms with Gasteiger partial charge in [0, 0.05) is 17.4 Å². The number of nitrogens with one attached hydrogen (secondary N) is 1. The number of aromatic nitrogens is 4. The minimum absolute atomic E-state index is 0.0102. The minimum Gasteiger partial charge on any atom is -0.339 e. The van der Waals surface area contributed by atoms with Gasteiger partial charge < -0.3 is 9.84 Å². The van der Waals surface area contributed by atoms with Gasteiger partial charge >= 0.3 is 0 Å². The lowest BCUT2D eigenvalue weighted by Crippen LogP contribution is -2.22. The molecule has 0 saturated heterocycles. The van der Waals surface area contributed by atoms with Crippen LogP contribution in [0, 0.1) is 24.2 Å². The lowest BCUT2D eigenvalue weighted by molar-refractivity contribution is 0.102. The second kappa shape index (κ2) is 7.12. The van der Waals surface area contributed by atoms with Crippen LogP contribution in [0.1, 0.15) is 40.7 Å². The van der Waals surface area contributed by atoms with Gasteiger partial charge in [-0.2, -0.15) is 10.2 Å². The summed E-state index contributed by atoms with van der Waals surface area (Å²) < 4.78 is 7.14. The monoisotopic (exact) mass is 398 g/mol. The standard InChI is InChI=1S/C22H18N6O2/c1-13-5-6-14(20-26-22(30-27-20)16-8-7-15(16)11-23)10-17(13)25-21(29)18-12-24-19-4-2-3-9-28(18)19/h2-6,9-10,12,15-16H,7-8H2,1H3,(H,25,29)/t15-,16?/m1/s1. The number of benzene rings is 1. The van der Waals surface area contributed by atoms with E-state index in [1.807, 2.05) is 43.3 Å². The molecular formula is C22H18N6O2. The molecule has 148 valence electrons. The number of pyridine rings is 1. The van der Waals surface area contributed by atoms with Gasteiger partial charge in [0.15, 0.2) is 0 Å². The summed E-state index contributed by atoms with van der Waals surface area (Å²) in [6.07, 6.45) is 5.10. The second-order valence-electron chi connectivity index (χ2n) is 7.43. The molecule has 8 heteroatoms. The van der Waals surface area contributed by atoms with Crippen molar-refractivity contribution in [2.45, 2.75) is 25.7 Å². The summed E-state index contributed by atoms with van der Waals surface area (Å²) in [5.74, 6) is 0.639. The fourth-order valence-electron chi connectivity index (χ4n) is 3.64. The predicted octanol–water partition coefficient (Wildman–Crippen LogP) is 3.96. The molecule has 2 atom stereocenters. The Kier molecular flexibility index (Phi) is 4.29. The van der Waals surface area contributed by atoms with Gasteiger partial charge in [-0.25, -0.2) is 4.98 Å². The third kappa shape index (κ3) is 3.01. The average Bonchev–Trinajstić information content (AvgIpc) is 3.36. The third-order valence-corrected chi connectivity index (χ3v) is 5.59. The number of rotatable bonds is 4. The Balaban J connectivity index is 1.41. The smallest absolute Gasteiger partial charge is 0.274 e. The lowest BCUT2D eigenvalue weighted by atomic mass is 9.74. The zero-order chi connectivity index (χ0) is 20.7. The van der Waals surface area contributed by atoms with E-state index in [1.165, 1.54) is 0 Å². The highest BCUT2D eigenvalue weighted by atomic mass is 16.5. The summed E-state index contributed by atoms with van der Waals surface area (Å²) in [7, 11) is 0. The summed E-state index contributed by atoms with van der Waals surface area (Å²) >= 11 is 0. The van der Waals surface area contributed by atoms with Crippen LogP contribution in [-0.4, -0.2) is 25.4 Å². The van der Waals surface area contributed by atoms with E-state index in [0.717, 1.165) is 24.0 Å². The molecule has 1 N–H and O–H groups in total. The number of carbonyl (C=O) groups excluding carboxylic acids is 1. The first-order valence-corrected chi connectivity index (χ1v) is 9.72. The highest BCUT2D eigenvalue weighted by Gasteiger charge is 2.36. The third-order valence-electron chi connectivity index (χ3n) is 5.59. The highest BCUT2D eigenvalue weighted by molar-refractivity contribution is 6.04. The Morgan fingerprint density at radius 3 is 3.00 bits per heavy atom. The molecule has 0 radical (unpaired) electrons.